The minimum Gasteiger partial charge on any atom is -0.457 e. The van der Waals surface area contributed by atoms with Crippen molar-refractivity contribution in [2.45, 2.75) is 6.92 Å². The van der Waals surface area contributed by atoms with Gasteiger partial charge in [0.05, 0.1) is 0 Å². The van der Waals surface area contributed by atoms with E-state index >= 15 is 0 Å². The molecule has 0 radical (unpaired) electrons. The molecule has 4 aromatic rings. The van der Waals surface area contributed by atoms with Gasteiger partial charge in [-0.1, -0.05) is 36.4 Å². The molecule has 0 amide bonds. The van der Waals surface area contributed by atoms with Crippen LogP contribution in [-0.4, -0.2) is 4.98 Å². The smallest absolute Gasteiger partial charge is 0.127 e. The number of nitrogens with one attached hydrogen (secondary N) is 1. The molecule has 0 spiro atoms. The quantitative estimate of drug-likeness (QED) is 0.477. The number of anilines is 1. The van der Waals surface area contributed by atoms with Crippen LogP contribution in [0, 0.1) is 6.92 Å². The van der Waals surface area contributed by atoms with Gasteiger partial charge in [-0.05, 0) is 60.3 Å². The van der Waals surface area contributed by atoms with Crippen molar-refractivity contribution in [3.8, 4) is 11.5 Å². The summed E-state index contributed by atoms with van der Waals surface area (Å²) < 4.78 is 5.58. The Morgan fingerprint density at radius 3 is 2.17 bits per heavy atom. The molecule has 3 nitrogen and oxygen atoms in total. The summed E-state index contributed by atoms with van der Waals surface area (Å²) in [6, 6.07) is 25.4. The molecule has 0 aliphatic carbocycles. The van der Waals surface area contributed by atoms with Crippen molar-refractivity contribution in [3.63, 3.8) is 0 Å². The molecule has 3 heteroatoms. The van der Waals surface area contributed by atoms with E-state index in [9.17, 15) is 0 Å². The number of H-pyrrole nitrogens is 1. The van der Waals surface area contributed by atoms with E-state index in [1.54, 1.807) is 0 Å². The fraction of sp³-hybridized carbons (Fsp3) is 0.0476. The van der Waals surface area contributed by atoms with Crippen LogP contribution in [0.5, 0.6) is 11.5 Å². The number of hydrogen-bond donors (Lipinski definition) is 2. The summed E-state index contributed by atoms with van der Waals surface area (Å²) >= 11 is 0. The Hall–Kier alpha value is -3.20. The number of aromatic nitrogens is 1. The first kappa shape index (κ1) is 15.7. The molecular formula is C21H20N2O. The van der Waals surface area contributed by atoms with Gasteiger partial charge in [-0.15, -0.1) is 0 Å². The van der Waals surface area contributed by atoms with Gasteiger partial charge in [0, 0.05) is 17.4 Å². The van der Waals surface area contributed by atoms with Gasteiger partial charge in [0.2, 0.25) is 0 Å². The topological polar surface area (TPSA) is 51.0 Å². The van der Waals surface area contributed by atoms with E-state index in [4.69, 9.17) is 10.5 Å². The maximum absolute atomic E-state index is 5.58. The first-order chi connectivity index (χ1) is 11.7. The van der Waals surface area contributed by atoms with E-state index in [2.05, 4.69) is 36.2 Å². The van der Waals surface area contributed by atoms with Gasteiger partial charge in [0.25, 0.3) is 0 Å². The third-order valence-electron chi connectivity index (χ3n) is 3.65. The van der Waals surface area contributed by atoms with Crippen molar-refractivity contribution >= 4 is 16.6 Å². The molecule has 4 rings (SSSR count). The number of para-hydroxylation sites is 2. The third kappa shape index (κ3) is 3.96. The number of benzene rings is 3. The molecular weight excluding hydrogens is 296 g/mol. The van der Waals surface area contributed by atoms with Gasteiger partial charge in [0.15, 0.2) is 0 Å². The zero-order chi connectivity index (χ0) is 16.8. The predicted octanol–water partition coefficient (Wildman–Crippen LogP) is 5.54. The molecule has 3 N–H and O–H groups in total. The van der Waals surface area contributed by atoms with Crippen LogP contribution in [0.2, 0.25) is 0 Å². The third-order valence-corrected chi connectivity index (χ3v) is 3.65. The number of aromatic amines is 1. The molecule has 0 fully saturated rings. The van der Waals surface area contributed by atoms with E-state index < -0.39 is 0 Å². The van der Waals surface area contributed by atoms with Gasteiger partial charge in [0.1, 0.15) is 11.5 Å². The lowest BCUT2D eigenvalue weighted by Crippen LogP contribution is -1.85. The van der Waals surface area contributed by atoms with Gasteiger partial charge in [-0.3, -0.25) is 0 Å². The lowest BCUT2D eigenvalue weighted by Gasteiger charge is -2.04. The maximum atomic E-state index is 5.58. The lowest BCUT2D eigenvalue weighted by atomic mass is 10.2. The molecule has 0 aliphatic rings. The average Bonchev–Trinajstić information content (AvgIpc) is 3.09. The Balaban J connectivity index is 0.000000149. The average molecular weight is 316 g/mol. The minimum atomic E-state index is 0.741. The summed E-state index contributed by atoms with van der Waals surface area (Å²) in [7, 11) is 0. The Kier molecular flexibility index (Phi) is 4.82. The van der Waals surface area contributed by atoms with Crippen LogP contribution < -0.4 is 10.5 Å². The van der Waals surface area contributed by atoms with Crippen LogP contribution in [0.1, 0.15) is 5.56 Å². The van der Waals surface area contributed by atoms with E-state index in [1.165, 1.54) is 16.5 Å². The highest BCUT2D eigenvalue weighted by atomic mass is 16.5. The molecule has 24 heavy (non-hydrogen) atoms. The summed E-state index contributed by atoms with van der Waals surface area (Å²) in [6.45, 7) is 2.11. The van der Waals surface area contributed by atoms with E-state index in [1.807, 2.05) is 60.8 Å². The highest BCUT2D eigenvalue weighted by molar-refractivity contribution is 5.82. The van der Waals surface area contributed by atoms with E-state index in [-0.39, 0.29) is 0 Å². The molecule has 3 aromatic carbocycles. The van der Waals surface area contributed by atoms with Crippen molar-refractivity contribution in [1.82, 2.24) is 4.98 Å². The van der Waals surface area contributed by atoms with Crippen LogP contribution >= 0.6 is 0 Å². The van der Waals surface area contributed by atoms with Gasteiger partial charge in [-0.2, -0.15) is 0 Å². The van der Waals surface area contributed by atoms with Gasteiger partial charge >= 0.3 is 0 Å². The highest BCUT2D eigenvalue weighted by Crippen LogP contribution is 2.21. The van der Waals surface area contributed by atoms with Crippen LogP contribution in [0.3, 0.4) is 0 Å². The van der Waals surface area contributed by atoms with Crippen LogP contribution in [0.4, 0.5) is 5.69 Å². The number of nitrogens with two attached hydrogens (primary N) is 1. The van der Waals surface area contributed by atoms with Gasteiger partial charge in [-0.25, -0.2) is 0 Å². The van der Waals surface area contributed by atoms with Crippen molar-refractivity contribution in [2.24, 2.45) is 0 Å². The molecule has 1 heterocycles. The summed E-state index contributed by atoms with van der Waals surface area (Å²) in [5.41, 5.74) is 8.87. The molecule has 0 aliphatic heterocycles. The van der Waals surface area contributed by atoms with Crippen LogP contribution in [-0.2, 0) is 0 Å². The van der Waals surface area contributed by atoms with Crippen molar-refractivity contribution < 1.29 is 4.74 Å². The Morgan fingerprint density at radius 2 is 1.46 bits per heavy atom. The Bertz CT molecular complexity index is 896. The monoisotopic (exact) mass is 316 g/mol. The van der Waals surface area contributed by atoms with E-state index in [0.717, 1.165) is 17.2 Å². The lowest BCUT2D eigenvalue weighted by molar-refractivity contribution is 0.483. The Labute approximate surface area is 141 Å². The molecule has 1 aromatic heterocycles. The SMILES string of the molecule is Cc1cccc2cc[nH]c12.Nc1ccc(Oc2ccccc2)cc1. The summed E-state index contributed by atoms with van der Waals surface area (Å²) in [6.07, 6.45) is 1.97. The van der Waals surface area contributed by atoms with Crippen molar-refractivity contribution in [3.05, 3.63) is 90.6 Å². The number of rotatable bonds is 2. The number of hydrogen-bond acceptors (Lipinski definition) is 2. The minimum absolute atomic E-state index is 0.741. The highest BCUT2D eigenvalue weighted by Gasteiger charge is 1.95. The normalized spacial score (nSPS) is 10.0. The standard InChI is InChI=1S/C12H11NO.C9H9N/c13-10-6-8-12(9-7-10)14-11-4-2-1-3-5-11;1-7-3-2-4-8-5-6-10-9(7)8/h1-9H,13H2;2-6,10H,1H3. The Morgan fingerprint density at radius 1 is 0.750 bits per heavy atom. The summed E-state index contributed by atoms with van der Waals surface area (Å²) in [5.74, 6) is 1.63. The van der Waals surface area contributed by atoms with Crippen LogP contribution in [0.25, 0.3) is 10.9 Å². The summed E-state index contributed by atoms with van der Waals surface area (Å²) in [4.78, 5) is 3.19. The molecule has 0 atom stereocenters. The molecule has 0 unspecified atom stereocenters. The zero-order valence-electron chi connectivity index (χ0n) is 13.6. The van der Waals surface area contributed by atoms with Crippen molar-refractivity contribution in [1.29, 1.82) is 0 Å². The number of ether oxygens (including phenoxy) is 1. The molecule has 0 saturated carbocycles. The number of aryl methyl sites for hydroxylation is 1. The molecule has 0 bridgehead atoms. The fourth-order valence-corrected chi connectivity index (χ4v) is 2.40. The van der Waals surface area contributed by atoms with Gasteiger partial charge < -0.3 is 15.5 Å². The van der Waals surface area contributed by atoms with Crippen LogP contribution in [0.15, 0.2) is 85.1 Å². The second kappa shape index (κ2) is 7.38. The molecule has 120 valence electrons. The second-order valence-electron chi connectivity index (χ2n) is 5.50. The van der Waals surface area contributed by atoms with Crippen molar-refractivity contribution in [2.75, 3.05) is 5.73 Å². The number of fused-ring (bicyclic) bond motifs is 1. The first-order valence-electron chi connectivity index (χ1n) is 7.83. The predicted molar refractivity (Wildman–Crippen MR) is 100 cm³/mol. The largest absolute Gasteiger partial charge is 0.457 e. The second-order valence-corrected chi connectivity index (χ2v) is 5.50. The first-order valence-corrected chi connectivity index (χ1v) is 7.83. The number of nitrogen functional groups attached to an aromatic ring is 1. The zero-order valence-corrected chi connectivity index (χ0v) is 13.6. The summed E-state index contributed by atoms with van der Waals surface area (Å²) in [5, 5.41) is 1.29. The maximum Gasteiger partial charge on any atom is 0.127 e. The fourth-order valence-electron chi connectivity index (χ4n) is 2.40. The van der Waals surface area contributed by atoms with E-state index in [0.29, 0.717) is 0 Å². The molecule has 0 saturated heterocycles.